The van der Waals surface area contributed by atoms with Gasteiger partial charge in [-0.2, -0.15) is 0 Å². The van der Waals surface area contributed by atoms with Gasteiger partial charge in [0.05, 0.1) is 6.54 Å². The molecule has 1 heterocycles. The van der Waals surface area contributed by atoms with Crippen LogP contribution in [0.3, 0.4) is 0 Å². The van der Waals surface area contributed by atoms with Crippen LogP contribution in [0.5, 0.6) is 0 Å². The van der Waals surface area contributed by atoms with E-state index in [2.05, 4.69) is 41.0 Å². The Bertz CT molecular complexity index is 670. The molecule has 0 N–H and O–H groups in total. The molecule has 3 rings (SSSR count). The van der Waals surface area contributed by atoms with Gasteiger partial charge in [0.25, 0.3) is 0 Å². The fourth-order valence-electron chi connectivity index (χ4n) is 3.10. The van der Waals surface area contributed by atoms with Crippen molar-refractivity contribution in [2.24, 2.45) is 0 Å². The van der Waals surface area contributed by atoms with Gasteiger partial charge in [0, 0.05) is 37.4 Å². The van der Waals surface area contributed by atoms with Gasteiger partial charge < -0.3 is 4.90 Å². The first-order valence-electron chi connectivity index (χ1n) is 8.26. The van der Waals surface area contributed by atoms with Crippen LogP contribution in [-0.2, 0) is 0 Å². The van der Waals surface area contributed by atoms with E-state index in [9.17, 15) is 4.79 Å². The number of piperazine rings is 1. The summed E-state index contributed by atoms with van der Waals surface area (Å²) in [4.78, 5) is 17.1. The van der Waals surface area contributed by atoms with Crippen molar-refractivity contribution in [1.29, 1.82) is 0 Å². The summed E-state index contributed by atoms with van der Waals surface area (Å²) in [7, 11) is 0. The largest absolute Gasteiger partial charge is 0.369 e. The molecule has 0 spiro atoms. The SMILES string of the molecule is Cc1ccc(C(=O)CN2CCN(c3ccccc3C)CC2)cc1. The quantitative estimate of drug-likeness (QED) is 0.810. The fourth-order valence-corrected chi connectivity index (χ4v) is 3.10. The van der Waals surface area contributed by atoms with E-state index in [1.165, 1.54) is 16.8 Å². The van der Waals surface area contributed by atoms with Gasteiger partial charge in [-0.3, -0.25) is 9.69 Å². The molecule has 0 saturated carbocycles. The number of hydrogen-bond donors (Lipinski definition) is 0. The standard InChI is InChI=1S/C20H24N2O/c1-16-7-9-18(10-8-16)20(23)15-21-11-13-22(14-12-21)19-6-4-3-5-17(19)2/h3-10H,11-15H2,1-2H3. The van der Waals surface area contributed by atoms with E-state index in [0.29, 0.717) is 6.54 Å². The van der Waals surface area contributed by atoms with Crippen LogP contribution in [-0.4, -0.2) is 43.4 Å². The lowest BCUT2D eigenvalue weighted by Crippen LogP contribution is -2.48. The van der Waals surface area contributed by atoms with Crippen LogP contribution < -0.4 is 4.90 Å². The van der Waals surface area contributed by atoms with Gasteiger partial charge in [0.15, 0.2) is 5.78 Å². The highest BCUT2D eigenvalue weighted by Gasteiger charge is 2.20. The molecule has 0 atom stereocenters. The molecule has 2 aromatic carbocycles. The van der Waals surface area contributed by atoms with Crippen molar-refractivity contribution >= 4 is 11.5 Å². The Morgan fingerprint density at radius 3 is 2.22 bits per heavy atom. The first-order chi connectivity index (χ1) is 11.1. The molecular weight excluding hydrogens is 284 g/mol. The predicted octanol–water partition coefficient (Wildman–Crippen LogP) is 3.31. The van der Waals surface area contributed by atoms with Gasteiger partial charge in [-0.15, -0.1) is 0 Å². The third-order valence-corrected chi connectivity index (χ3v) is 4.57. The monoisotopic (exact) mass is 308 g/mol. The van der Waals surface area contributed by atoms with E-state index >= 15 is 0 Å². The molecule has 0 aliphatic carbocycles. The second-order valence-corrected chi connectivity index (χ2v) is 6.34. The summed E-state index contributed by atoms with van der Waals surface area (Å²) in [6, 6.07) is 16.4. The van der Waals surface area contributed by atoms with Crippen LogP contribution in [0.4, 0.5) is 5.69 Å². The zero-order chi connectivity index (χ0) is 16.2. The summed E-state index contributed by atoms with van der Waals surface area (Å²) >= 11 is 0. The van der Waals surface area contributed by atoms with Crippen LogP contribution in [0, 0.1) is 13.8 Å². The van der Waals surface area contributed by atoms with Gasteiger partial charge in [0.1, 0.15) is 0 Å². The lowest BCUT2D eigenvalue weighted by molar-refractivity contribution is 0.0926. The third-order valence-electron chi connectivity index (χ3n) is 4.57. The van der Waals surface area contributed by atoms with E-state index in [1.54, 1.807) is 0 Å². The number of rotatable bonds is 4. The molecule has 2 aromatic rings. The molecule has 0 radical (unpaired) electrons. The van der Waals surface area contributed by atoms with Crippen LogP contribution in [0.15, 0.2) is 48.5 Å². The molecule has 1 saturated heterocycles. The predicted molar refractivity (Wildman–Crippen MR) is 95.3 cm³/mol. The van der Waals surface area contributed by atoms with E-state index in [-0.39, 0.29) is 5.78 Å². The smallest absolute Gasteiger partial charge is 0.176 e. The number of benzene rings is 2. The Balaban J connectivity index is 1.56. The third kappa shape index (κ3) is 3.80. The highest BCUT2D eigenvalue weighted by molar-refractivity contribution is 5.97. The van der Waals surface area contributed by atoms with Crippen molar-refractivity contribution in [2.45, 2.75) is 13.8 Å². The Morgan fingerprint density at radius 2 is 1.57 bits per heavy atom. The van der Waals surface area contributed by atoms with Crippen LogP contribution in [0.25, 0.3) is 0 Å². The minimum Gasteiger partial charge on any atom is -0.369 e. The van der Waals surface area contributed by atoms with Crippen molar-refractivity contribution in [3.8, 4) is 0 Å². The summed E-state index contributed by atoms with van der Waals surface area (Å²) in [6.07, 6.45) is 0. The molecule has 120 valence electrons. The van der Waals surface area contributed by atoms with Crippen molar-refractivity contribution in [3.05, 3.63) is 65.2 Å². The number of ketones is 1. The Kier molecular flexibility index (Phi) is 4.77. The minimum absolute atomic E-state index is 0.217. The van der Waals surface area contributed by atoms with Gasteiger partial charge in [-0.25, -0.2) is 0 Å². The zero-order valence-electron chi connectivity index (χ0n) is 14.0. The van der Waals surface area contributed by atoms with Crippen LogP contribution in [0.1, 0.15) is 21.5 Å². The maximum atomic E-state index is 12.4. The number of anilines is 1. The number of carbonyl (C=O) groups is 1. The lowest BCUT2D eigenvalue weighted by atomic mass is 10.1. The van der Waals surface area contributed by atoms with Crippen LogP contribution >= 0.6 is 0 Å². The number of Topliss-reactive ketones (excluding diaryl/α,β-unsaturated/α-hetero) is 1. The summed E-state index contributed by atoms with van der Waals surface area (Å²) in [6.45, 7) is 8.54. The molecule has 0 amide bonds. The number of nitrogens with zero attached hydrogens (tertiary/aromatic N) is 2. The summed E-state index contributed by atoms with van der Waals surface area (Å²) < 4.78 is 0. The first kappa shape index (κ1) is 15.8. The highest BCUT2D eigenvalue weighted by Crippen LogP contribution is 2.20. The van der Waals surface area contributed by atoms with Gasteiger partial charge in [-0.05, 0) is 25.5 Å². The first-order valence-corrected chi connectivity index (χ1v) is 8.26. The number of aryl methyl sites for hydroxylation is 2. The number of para-hydroxylation sites is 1. The van der Waals surface area contributed by atoms with Crippen molar-refractivity contribution in [2.75, 3.05) is 37.6 Å². The van der Waals surface area contributed by atoms with Gasteiger partial charge in [0.2, 0.25) is 0 Å². The molecule has 23 heavy (non-hydrogen) atoms. The van der Waals surface area contributed by atoms with Crippen LogP contribution in [0.2, 0.25) is 0 Å². The molecule has 1 aliphatic heterocycles. The van der Waals surface area contributed by atoms with E-state index in [4.69, 9.17) is 0 Å². The topological polar surface area (TPSA) is 23.6 Å². The highest BCUT2D eigenvalue weighted by atomic mass is 16.1. The molecule has 3 heteroatoms. The number of carbonyl (C=O) groups excluding carboxylic acids is 1. The molecule has 0 aromatic heterocycles. The summed E-state index contributed by atoms with van der Waals surface area (Å²) in [5.74, 6) is 0.217. The average molecular weight is 308 g/mol. The zero-order valence-corrected chi connectivity index (χ0v) is 14.0. The lowest BCUT2D eigenvalue weighted by Gasteiger charge is -2.36. The van der Waals surface area contributed by atoms with E-state index < -0.39 is 0 Å². The number of hydrogen-bond acceptors (Lipinski definition) is 3. The van der Waals surface area contributed by atoms with Gasteiger partial charge >= 0.3 is 0 Å². The molecular formula is C20H24N2O. The van der Waals surface area contributed by atoms with Gasteiger partial charge in [-0.1, -0.05) is 48.0 Å². The Morgan fingerprint density at radius 1 is 0.913 bits per heavy atom. The molecule has 1 fully saturated rings. The molecule has 3 nitrogen and oxygen atoms in total. The average Bonchev–Trinajstić information content (AvgIpc) is 2.57. The summed E-state index contributed by atoms with van der Waals surface area (Å²) in [5.41, 5.74) is 4.64. The Labute approximate surface area is 138 Å². The van der Waals surface area contributed by atoms with E-state index in [1.807, 2.05) is 31.2 Å². The Hall–Kier alpha value is -2.13. The minimum atomic E-state index is 0.217. The summed E-state index contributed by atoms with van der Waals surface area (Å²) in [5, 5.41) is 0. The molecule has 0 unspecified atom stereocenters. The van der Waals surface area contributed by atoms with Crippen molar-refractivity contribution in [3.63, 3.8) is 0 Å². The normalized spacial score (nSPS) is 15.7. The van der Waals surface area contributed by atoms with Crippen molar-refractivity contribution < 1.29 is 4.79 Å². The second kappa shape index (κ2) is 6.97. The van der Waals surface area contributed by atoms with Crippen molar-refractivity contribution in [1.82, 2.24) is 4.90 Å². The maximum absolute atomic E-state index is 12.4. The molecule has 0 bridgehead atoms. The molecule has 1 aliphatic rings. The maximum Gasteiger partial charge on any atom is 0.176 e. The second-order valence-electron chi connectivity index (χ2n) is 6.34. The fraction of sp³-hybridized carbons (Fsp3) is 0.350. The van der Waals surface area contributed by atoms with E-state index in [0.717, 1.165) is 31.7 Å².